The zero-order valence-corrected chi connectivity index (χ0v) is 14.3. The van der Waals surface area contributed by atoms with Crippen LogP contribution in [0.5, 0.6) is 0 Å². The summed E-state index contributed by atoms with van der Waals surface area (Å²) in [7, 11) is 0. The van der Waals surface area contributed by atoms with Crippen LogP contribution in [0.15, 0.2) is 54.6 Å². The van der Waals surface area contributed by atoms with E-state index in [1.807, 2.05) is 0 Å². The lowest BCUT2D eigenvalue weighted by molar-refractivity contribution is 0.730. The van der Waals surface area contributed by atoms with E-state index in [9.17, 15) is 0 Å². The van der Waals surface area contributed by atoms with Crippen molar-refractivity contribution in [1.82, 2.24) is 0 Å². The topological polar surface area (TPSA) is 0 Å². The molecule has 0 heterocycles. The Balaban J connectivity index is 2.06. The van der Waals surface area contributed by atoms with E-state index < -0.39 is 0 Å². The van der Waals surface area contributed by atoms with Gasteiger partial charge in [0.05, 0.1) is 0 Å². The monoisotopic (exact) mass is 342 g/mol. The highest BCUT2D eigenvalue weighted by atomic mass is 79.9. The van der Waals surface area contributed by atoms with E-state index in [4.69, 9.17) is 0 Å². The number of rotatable bonds is 7. The molecule has 0 atom stereocenters. The van der Waals surface area contributed by atoms with Gasteiger partial charge in [0.15, 0.2) is 0 Å². The SMILES string of the molecule is CCCCCC=Cc1cccc(-c2ccc(CBr)cc2)c1. The number of unbranched alkanes of at least 4 members (excludes halogenated alkanes) is 3. The predicted octanol–water partition coefficient (Wildman–Crippen LogP) is 6.84. The molecular formula is C20H23Br. The fourth-order valence-corrected chi connectivity index (χ4v) is 2.71. The molecule has 0 aliphatic rings. The van der Waals surface area contributed by atoms with Crippen molar-refractivity contribution in [2.75, 3.05) is 0 Å². The van der Waals surface area contributed by atoms with Gasteiger partial charge in [0, 0.05) is 5.33 Å². The van der Waals surface area contributed by atoms with Gasteiger partial charge < -0.3 is 0 Å². The number of hydrogen-bond donors (Lipinski definition) is 0. The van der Waals surface area contributed by atoms with Gasteiger partial charge in [-0.15, -0.1) is 0 Å². The minimum atomic E-state index is 0.911. The summed E-state index contributed by atoms with van der Waals surface area (Å²) in [6.07, 6.45) is 9.62. The van der Waals surface area contributed by atoms with Gasteiger partial charge in [-0.05, 0) is 41.2 Å². The molecule has 0 aliphatic heterocycles. The quantitative estimate of drug-likeness (QED) is 0.381. The Morgan fingerprint density at radius 3 is 2.48 bits per heavy atom. The van der Waals surface area contributed by atoms with E-state index in [0.717, 1.165) is 5.33 Å². The molecule has 0 saturated heterocycles. The molecule has 110 valence electrons. The van der Waals surface area contributed by atoms with E-state index in [2.05, 4.69) is 83.5 Å². The van der Waals surface area contributed by atoms with Gasteiger partial charge in [-0.25, -0.2) is 0 Å². The number of benzene rings is 2. The Labute approximate surface area is 137 Å². The van der Waals surface area contributed by atoms with E-state index in [0.29, 0.717) is 0 Å². The summed E-state index contributed by atoms with van der Waals surface area (Å²) in [6.45, 7) is 2.24. The van der Waals surface area contributed by atoms with Crippen molar-refractivity contribution in [3.05, 3.63) is 65.7 Å². The zero-order chi connectivity index (χ0) is 14.9. The van der Waals surface area contributed by atoms with Crippen LogP contribution in [0.1, 0.15) is 43.7 Å². The molecule has 0 fully saturated rings. The van der Waals surface area contributed by atoms with Gasteiger partial charge in [-0.1, -0.05) is 90.3 Å². The Kier molecular flexibility index (Phi) is 6.75. The van der Waals surface area contributed by atoms with E-state index >= 15 is 0 Å². The highest BCUT2D eigenvalue weighted by Gasteiger charge is 1.98. The molecular weight excluding hydrogens is 320 g/mol. The van der Waals surface area contributed by atoms with Gasteiger partial charge >= 0.3 is 0 Å². The van der Waals surface area contributed by atoms with E-state index in [-0.39, 0.29) is 0 Å². The first-order chi connectivity index (χ1) is 10.3. The zero-order valence-electron chi connectivity index (χ0n) is 12.7. The van der Waals surface area contributed by atoms with Gasteiger partial charge in [0.25, 0.3) is 0 Å². The summed E-state index contributed by atoms with van der Waals surface area (Å²) in [4.78, 5) is 0. The minimum Gasteiger partial charge on any atom is -0.0876 e. The van der Waals surface area contributed by atoms with Crippen LogP contribution < -0.4 is 0 Å². The molecule has 0 aromatic heterocycles. The van der Waals surface area contributed by atoms with Gasteiger partial charge in [-0.3, -0.25) is 0 Å². The van der Waals surface area contributed by atoms with Crippen LogP contribution in [0.4, 0.5) is 0 Å². The second-order valence-corrected chi connectivity index (χ2v) is 5.91. The molecule has 0 N–H and O–H groups in total. The fraction of sp³-hybridized carbons (Fsp3) is 0.300. The standard InChI is InChI=1S/C20H23Br/c1-2-3-4-5-6-8-17-9-7-10-20(15-17)19-13-11-18(16-21)12-14-19/h6-15H,2-5,16H2,1H3. The summed E-state index contributed by atoms with van der Waals surface area (Å²) in [5.41, 5.74) is 5.16. The first-order valence-corrected chi connectivity index (χ1v) is 8.87. The molecule has 0 nitrogen and oxygen atoms in total. The minimum absolute atomic E-state index is 0.911. The first kappa shape index (κ1) is 16.0. The van der Waals surface area contributed by atoms with Crippen molar-refractivity contribution in [3.63, 3.8) is 0 Å². The summed E-state index contributed by atoms with van der Waals surface area (Å²) >= 11 is 3.49. The number of hydrogen-bond acceptors (Lipinski definition) is 0. The molecule has 2 aromatic carbocycles. The van der Waals surface area contributed by atoms with Crippen molar-refractivity contribution in [2.24, 2.45) is 0 Å². The fourth-order valence-electron chi connectivity index (χ4n) is 2.34. The molecule has 0 bridgehead atoms. The van der Waals surface area contributed by atoms with E-state index in [1.54, 1.807) is 0 Å². The molecule has 0 spiro atoms. The molecule has 2 rings (SSSR count). The number of halogens is 1. The third-order valence-electron chi connectivity index (χ3n) is 3.61. The van der Waals surface area contributed by atoms with Gasteiger partial charge in [0.2, 0.25) is 0 Å². The largest absolute Gasteiger partial charge is 0.0876 e. The summed E-state index contributed by atoms with van der Waals surface area (Å²) in [5, 5.41) is 0.911. The average Bonchev–Trinajstić information content (AvgIpc) is 2.55. The van der Waals surface area contributed by atoms with Crippen LogP contribution in [-0.4, -0.2) is 0 Å². The second-order valence-electron chi connectivity index (χ2n) is 5.35. The smallest absolute Gasteiger partial charge is 0.0283 e. The van der Waals surface area contributed by atoms with Crippen molar-refractivity contribution in [2.45, 2.75) is 37.9 Å². The Morgan fingerprint density at radius 1 is 0.952 bits per heavy atom. The molecule has 0 radical (unpaired) electrons. The second kappa shape index (κ2) is 8.84. The maximum absolute atomic E-state index is 3.49. The molecule has 0 aliphatic carbocycles. The van der Waals surface area contributed by atoms with Gasteiger partial charge in [-0.2, -0.15) is 0 Å². The van der Waals surface area contributed by atoms with Crippen molar-refractivity contribution in [3.8, 4) is 11.1 Å². The highest BCUT2D eigenvalue weighted by Crippen LogP contribution is 2.22. The van der Waals surface area contributed by atoms with Crippen molar-refractivity contribution >= 4 is 22.0 Å². The third kappa shape index (κ3) is 5.17. The van der Waals surface area contributed by atoms with Crippen LogP contribution in [0.3, 0.4) is 0 Å². The van der Waals surface area contributed by atoms with Crippen molar-refractivity contribution < 1.29 is 0 Å². The molecule has 0 unspecified atom stereocenters. The van der Waals surface area contributed by atoms with Crippen LogP contribution in [0.25, 0.3) is 17.2 Å². The van der Waals surface area contributed by atoms with Crippen LogP contribution in [-0.2, 0) is 5.33 Å². The van der Waals surface area contributed by atoms with Crippen LogP contribution in [0, 0.1) is 0 Å². The lowest BCUT2D eigenvalue weighted by atomic mass is 10.0. The number of alkyl halides is 1. The molecule has 0 amide bonds. The number of allylic oxidation sites excluding steroid dienone is 1. The molecule has 2 aromatic rings. The lowest BCUT2D eigenvalue weighted by Crippen LogP contribution is -1.81. The summed E-state index contributed by atoms with van der Waals surface area (Å²) < 4.78 is 0. The summed E-state index contributed by atoms with van der Waals surface area (Å²) in [6, 6.07) is 17.5. The van der Waals surface area contributed by atoms with E-state index in [1.165, 1.54) is 47.9 Å². The predicted molar refractivity (Wildman–Crippen MR) is 97.7 cm³/mol. The average molecular weight is 343 g/mol. The third-order valence-corrected chi connectivity index (χ3v) is 4.26. The Hall–Kier alpha value is -1.34. The normalized spacial score (nSPS) is 11.1. The maximum atomic E-state index is 3.49. The Morgan fingerprint density at radius 2 is 1.76 bits per heavy atom. The van der Waals surface area contributed by atoms with Crippen molar-refractivity contribution in [1.29, 1.82) is 0 Å². The lowest BCUT2D eigenvalue weighted by Gasteiger charge is -2.04. The van der Waals surface area contributed by atoms with Crippen LogP contribution in [0.2, 0.25) is 0 Å². The highest BCUT2D eigenvalue weighted by molar-refractivity contribution is 9.08. The molecule has 21 heavy (non-hydrogen) atoms. The van der Waals surface area contributed by atoms with Crippen LogP contribution >= 0.6 is 15.9 Å². The van der Waals surface area contributed by atoms with Gasteiger partial charge in [0.1, 0.15) is 0 Å². The Bertz CT molecular complexity index is 567. The molecule has 1 heteroatoms. The molecule has 0 saturated carbocycles. The first-order valence-electron chi connectivity index (χ1n) is 7.75. The maximum Gasteiger partial charge on any atom is 0.0283 e. The summed E-state index contributed by atoms with van der Waals surface area (Å²) in [5.74, 6) is 0.